The summed E-state index contributed by atoms with van der Waals surface area (Å²) in [7, 11) is 0. The van der Waals surface area contributed by atoms with Crippen molar-refractivity contribution >= 4 is 11.3 Å². The third-order valence-corrected chi connectivity index (χ3v) is 4.26. The molecule has 124 valence electrons. The van der Waals surface area contributed by atoms with E-state index < -0.39 is 0 Å². The molecule has 4 aromatic rings. The van der Waals surface area contributed by atoms with Gasteiger partial charge in [0.15, 0.2) is 11.3 Å². The number of imidazole rings is 1. The predicted octanol–water partition coefficient (Wildman–Crippen LogP) is 3.10. The quantitative estimate of drug-likeness (QED) is 0.604. The van der Waals surface area contributed by atoms with Gasteiger partial charge in [-0.3, -0.25) is 9.55 Å². The topological polar surface area (TPSA) is 83.8 Å². The maximum absolute atomic E-state index is 12.4. The number of nitrogens with zero attached hydrogens (tertiary/aromatic N) is 3. The van der Waals surface area contributed by atoms with Gasteiger partial charge < -0.3 is 5.11 Å². The van der Waals surface area contributed by atoms with Gasteiger partial charge in [-0.05, 0) is 36.8 Å². The van der Waals surface area contributed by atoms with Crippen LogP contribution in [0.1, 0.15) is 18.5 Å². The van der Waals surface area contributed by atoms with Crippen molar-refractivity contribution in [3.63, 3.8) is 0 Å². The second-order valence-corrected chi connectivity index (χ2v) is 5.86. The first-order valence-electron chi connectivity index (χ1n) is 7.95. The summed E-state index contributed by atoms with van der Waals surface area (Å²) in [6.45, 7) is 1.96. The van der Waals surface area contributed by atoms with Crippen LogP contribution in [0, 0.1) is 0 Å². The summed E-state index contributed by atoms with van der Waals surface area (Å²) in [5, 5.41) is 9.44. The number of rotatable bonds is 3. The van der Waals surface area contributed by atoms with E-state index in [2.05, 4.69) is 15.0 Å². The van der Waals surface area contributed by atoms with Gasteiger partial charge in [-0.15, -0.1) is 0 Å². The van der Waals surface area contributed by atoms with Gasteiger partial charge in [-0.2, -0.15) is 0 Å². The highest BCUT2D eigenvalue weighted by atomic mass is 16.3. The Kier molecular flexibility index (Phi) is 3.57. The lowest BCUT2D eigenvalue weighted by atomic mass is 10.1. The maximum Gasteiger partial charge on any atom is 0.329 e. The molecule has 6 heteroatoms. The van der Waals surface area contributed by atoms with Crippen LogP contribution in [0.25, 0.3) is 22.6 Å². The second-order valence-electron chi connectivity index (χ2n) is 5.86. The van der Waals surface area contributed by atoms with E-state index in [4.69, 9.17) is 0 Å². The van der Waals surface area contributed by atoms with Crippen LogP contribution >= 0.6 is 0 Å². The van der Waals surface area contributed by atoms with Crippen LogP contribution in [0.3, 0.4) is 0 Å². The summed E-state index contributed by atoms with van der Waals surface area (Å²) >= 11 is 0. The number of aromatic nitrogens is 4. The average molecular weight is 332 g/mol. The smallest absolute Gasteiger partial charge is 0.329 e. The lowest BCUT2D eigenvalue weighted by Gasteiger charge is -2.13. The molecule has 4 rings (SSSR count). The molecule has 0 bridgehead atoms. The molecule has 0 unspecified atom stereocenters. The lowest BCUT2D eigenvalue weighted by molar-refractivity contribution is 0.475. The van der Waals surface area contributed by atoms with E-state index in [-0.39, 0.29) is 17.5 Å². The molecule has 1 atom stereocenters. The number of benzene rings is 2. The zero-order valence-corrected chi connectivity index (χ0v) is 13.5. The fraction of sp³-hybridized carbons (Fsp3) is 0.105. The van der Waals surface area contributed by atoms with Gasteiger partial charge in [0.1, 0.15) is 5.75 Å². The molecule has 0 aliphatic rings. The zero-order chi connectivity index (χ0) is 17.4. The van der Waals surface area contributed by atoms with Crippen molar-refractivity contribution in [2.45, 2.75) is 13.0 Å². The minimum absolute atomic E-state index is 0.174. The molecule has 0 amide bonds. The zero-order valence-electron chi connectivity index (χ0n) is 13.5. The molecular weight excluding hydrogens is 316 g/mol. The Morgan fingerprint density at radius 2 is 1.80 bits per heavy atom. The highest BCUT2D eigenvalue weighted by molar-refractivity contribution is 5.71. The minimum atomic E-state index is -0.241. The number of phenols is 1. The summed E-state index contributed by atoms with van der Waals surface area (Å²) in [6.07, 6.45) is 1.61. The maximum atomic E-state index is 12.4. The van der Waals surface area contributed by atoms with E-state index in [1.165, 1.54) is 0 Å². The Morgan fingerprint density at radius 3 is 2.52 bits per heavy atom. The van der Waals surface area contributed by atoms with Crippen LogP contribution < -0.4 is 5.69 Å². The van der Waals surface area contributed by atoms with Crippen molar-refractivity contribution in [1.82, 2.24) is 19.5 Å². The molecule has 0 aliphatic heterocycles. The molecule has 0 radical (unpaired) electrons. The summed E-state index contributed by atoms with van der Waals surface area (Å²) < 4.78 is 1.61. The Morgan fingerprint density at radius 1 is 1.08 bits per heavy atom. The molecule has 0 spiro atoms. The highest BCUT2D eigenvalue weighted by Crippen LogP contribution is 2.23. The first-order chi connectivity index (χ1) is 12.1. The molecule has 25 heavy (non-hydrogen) atoms. The fourth-order valence-corrected chi connectivity index (χ4v) is 2.90. The number of hydrogen-bond donors (Lipinski definition) is 2. The molecule has 0 saturated carbocycles. The summed E-state index contributed by atoms with van der Waals surface area (Å²) in [4.78, 5) is 24.2. The minimum Gasteiger partial charge on any atom is -0.508 e. The second kappa shape index (κ2) is 5.90. The van der Waals surface area contributed by atoms with Crippen molar-refractivity contribution in [1.29, 1.82) is 0 Å². The number of nitrogens with one attached hydrogen (secondary N) is 1. The number of fused-ring (bicyclic) bond motifs is 1. The van der Waals surface area contributed by atoms with Crippen LogP contribution in [0.4, 0.5) is 0 Å². The molecule has 2 aromatic heterocycles. The van der Waals surface area contributed by atoms with Crippen molar-refractivity contribution in [3.05, 3.63) is 76.8 Å². The number of H-pyrrole nitrogens is 1. The first-order valence-corrected chi connectivity index (χ1v) is 7.95. The van der Waals surface area contributed by atoms with Gasteiger partial charge in [0.25, 0.3) is 0 Å². The highest BCUT2D eigenvalue weighted by Gasteiger charge is 2.17. The number of phenolic OH excluding ortho intramolecular Hbond substituents is 1. The molecule has 2 aromatic carbocycles. The van der Waals surface area contributed by atoms with E-state index >= 15 is 0 Å². The van der Waals surface area contributed by atoms with Crippen molar-refractivity contribution < 1.29 is 5.11 Å². The third-order valence-electron chi connectivity index (χ3n) is 4.26. The van der Waals surface area contributed by atoms with Crippen molar-refractivity contribution in [3.8, 4) is 17.0 Å². The number of hydrogen-bond acceptors (Lipinski definition) is 4. The lowest BCUT2D eigenvalue weighted by Crippen LogP contribution is -2.21. The van der Waals surface area contributed by atoms with E-state index in [0.29, 0.717) is 17.0 Å². The van der Waals surface area contributed by atoms with Gasteiger partial charge in [0.2, 0.25) is 0 Å². The van der Waals surface area contributed by atoms with E-state index in [9.17, 15) is 9.90 Å². The largest absolute Gasteiger partial charge is 0.508 e. The van der Waals surface area contributed by atoms with Gasteiger partial charge in [0.05, 0.1) is 17.9 Å². The predicted molar refractivity (Wildman–Crippen MR) is 95.5 cm³/mol. The molecule has 2 N–H and O–H groups in total. The average Bonchev–Trinajstić information content (AvgIpc) is 2.97. The molecule has 0 aliphatic carbocycles. The monoisotopic (exact) mass is 332 g/mol. The standard InChI is InChI=1S/C19H16N4O2/c1-12(13-5-3-2-4-6-13)23-18-17(22-19(23)25)20-11-16(21-18)14-7-9-15(24)10-8-14/h2-12,24H,1H3,(H,20,22,25)/t12-/m1/s1. The fourth-order valence-electron chi connectivity index (χ4n) is 2.90. The molecule has 0 saturated heterocycles. The molecular formula is C19H16N4O2. The van der Waals surface area contributed by atoms with Crippen LogP contribution in [-0.4, -0.2) is 24.6 Å². The van der Waals surface area contributed by atoms with Crippen LogP contribution in [0.5, 0.6) is 5.75 Å². The van der Waals surface area contributed by atoms with Crippen molar-refractivity contribution in [2.24, 2.45) is 0 Å². The summed E-state index contributed by atoms with van der Waals surface area (Å²) in [5.74, 6) is 0.189. The number of aromatic amines is 1. The summed E-state index contributed by atoms with van der Waals surface area (Å²) in [5.41, 5.74) is 3.19. The molecule has 6 nitrogen and oxygen atoms in total. The van der Waals surface area contributed by atoms with Crippen molar-refractivity contribution in [2.75, 3.05) is 0 Å². The van der Waals surface area contributed by atoms with Gasteiger partial charge in [-0.25, -0.2) is 14.8 Å². The molecule has 0 fully saturated rings. The Bertz CT molecular complexity index is 1080. The summed E-state index contributed by atoms with van der Waals surface area (Å²) in [6, 6.07) is 16.3. The van der Waals surface area contributed by atoms with Crippen LogP contribution in [0.2, 0.25) is 0 Å². The Labute approximate surface area is 143 Å². The Balaban J connectivity index is 1.87. The Hall–Kier alpha value is -3.41. The van der Waals surface area contributed by atoms with Gasteiger partial charge in [0, 0.05) is 5.56 Å². The van der Waals surface area contributed by atoms with E-state index in [1.54, 1.807) is 35.0 Å². The first kappa shape index (κ1) is 15.1. The van der Waals surface area contributed by atoms with Crippen LogP contribution in [0.15, 0.2) is 65.6 Å². The normalized spacial score (nSPS) is 12.4. The van der Waals surface area contributed by atoms with Crippen LogP contribution in [-0.2, 0) is 0 Å². The number of aromatic hydroxyl groups is 1. The van der Waals surface area contributed by atoms with E-state index in [0.717, 1.165) is 11.1 Å². The third kappa shape index (κ3) is 2.67. The van der Waals surface area contributed by atoms with Gasteiger partial charge in [-0.1, -0.05) is 30.3 Å². The van der Waals surface area contributed by atoms with E-state index in [1.807, 2.05) is 37.3 Å². The molecule has 2 heterocycles. The SMILES string of the molecule is C[C@H](c1ccccc1)n1c(=O)[nH]c2ncc(-c3ccc(O)cc3)nc21. The van der Waals surface area contributed by atoms with Gasteiger partial charge >= 0.3 is 5.69 Å².